The van der Waals surface area contributed by atoms with E-state index < -0.39 is 89.0 Å². The third-order valence-corrected chi connectivity index (χ3v) is 13.1. The van der Waals surface area contributed by atoms with E-state index >= 15 is 0 Å². The second-order valence-corrected chi connectivity index (χ2v) is 17.1. The van der Waals surface area contributed by atoms with Crippen LogP contribution < -0.4 is 0 Å². The van der Waals surface area contributed by atoms with Crippen LogP contribution in [0.15, 0.2) is 0 Å². The fourth-order valence-corrected chi connectivity index (χ4v) is 9.51. The summed E-state index contributed by atoms with van der Waals surface area (Å²) >= 11 is 0. The van der Waals surface area contributed by atoms with Crippen molar-refractivity contribution in [3.63, 3.8) is 0 Å². The minimum absolute atomic E-state index is 0.365. The quantitative estimate of drug-likeness (QED) is 0.0739. The molecule has 51 heavy (non-hydrogen) atoms. The highest BCUT2D eigenvalue weighted by molar-refractivity contribution is 7.86. The molecule has 0 rings (SSSR count). The van der Waals surface area contributed by atoms with Crippen LogP contribution in [0.1, 0.15) is 65.7 Å². The summed E-state index contributed by atoms with van der Waals surface area (Å²) in [6.45, 7) is 5.33. The number of rotatable bonds is 19. The molecule has 0 saturated heterocycles. The molecule has 0 N–H and O–H groups in total. The van der Waals surface area contributed by atoms with E-state index in [1.165, 1.54) is 0 Å². The van der Waals surface area contributed by atoms with Gasteiger partial charge < -0.3 is 4.55 Å². The van der Waals surface area contributed by atoms with E-state index in [1.807, 2.05) is 0 Å². The van der Waals surface area contributed by atoms with Crippen molar-refractivity contribution in [1.82, 2.24) is 0 Å². The first-order valence-corrected chi connectivity index (χ1v) is 18.0. The van der Waals surface area contributed by atoms with Gasteiger partial charge in [-0.25, -0.2) is 8.42 Å². The molecule has 0 aliphatic carbocycles. The van der Waals surface area contributed by atoms with Gasteiger partial charge in [0.05, 0.1) is 31.1 Å². The smallest absolute Gasteiger partial charge is 0.460 e. The zero-order valence-electron chi connectivity index (χ0n) is 26.2. The fraction of sp³-hybridized carbons (Fsp3) is 1.00. The van der Waals surface area contributed by atoms with Crippen LogP contribution in [0.25, 0.3) is 0 Å². The predicted octanol–water partition coefficient (Wildman–Crippen LogP) is 11.5. The van der Waals surface area contributed by atoms with Gasteiger partial charge in [0.15, 0.2) is 10.1 Å². The number of alkyl halides is 22. The highest BCUT2D eigenvalue weighted by Gasteiger charge is 2.90. The summed E-state index contributed by atoms with van der Waals surface area (Å²) in [6.07, 6.45) is -12.8. The van der Waals surface area contributed by atoms with Crippen LogP contribution in [-0.4, -0.2) is 96.7 Å². The molecule has 0 saturated carbocycles. The van der Waals surface area contributed by atoms with Crippen molar-refractivity contribution in [1.29, 1.82) is 0 Å². The zero-order chi connectivity index (χ0) is 41.8. The molecule has 0 spiro atoms. The summed E-state index contributed by atoms with van der Waals surface area (Å²) < 4.78 is 309. The summed E-state index contributed by atoms with van der Waals surface area (Å²) in [7, 11) is -9.85. The maximum atomic E-state index is 14.3. The fourth-order valence-electron chi connectivity index (χ4n) is 4.01. The van der Waals surface area contributed by atoms with E-state index in [2.05, 4.69) is 0 Å². The number of halogens is 22. The Kier molecular flexibility index (Phi) is 17.0. The monoisotopic (exact) mass is 848 g/mol. The van der Waals surface area contributed by atoms with E-state index in [0.717, 1.165) is 0 Å². The lowest BCUT2D eigenvalue weighted by atomic mass is 9.93. The van der Waals surface area contributed by atoms with E-state index in [-0.39, 0.29) is 0 Å². The Morgan fingerprint density at radius 1 is 0.431 bits per heavy atom. The summed E-state index contributed by atoms with van der Waals surface area (Å²) in [5.74, 6) is -51.2. The normalized spacial score (nSPS) is 15.5. The van der Waals surface area contributed by atoms with Gasteiger partial charge in [0.2, 0.25) is 0 Å². The van der Waals surface area contributed by atoms with Crippen LogP contribution in [0, 0.1) is 0 Å². The Bertz CT molecular complexity index is 1180. The molecule has 0 bridgehead atoms. The van der Waals surface area contributed by atoms with Crippen LogP contribution in [0.4, 0.5) is 96.6 Å². The highest BCUT2D eigenvalue weighted by atomic mass is 32.2. The van der Waals surface area contributed by atoms with Crippen LogP contribution in [0.5, 0.6) is 0 Å². The largest absolute Gasteiger partial charge is 0.743 e. The predicted molar refractivity (Wildman–Crippen MR) is 137 cm³/mol. The van der Waals surface area contributed by atoms with Crippen molar-refractivity contribution >= 4 is 17.4 Å². The Morgan fingerprint density at radius 3 is 0.961 bits per heavy atom. The molecule has 0 aromatic heterocycles. The number of hydrogen-bond donors (Lipinski definition) is 0. The summed E-state index contributed by atoms with van der Waals surface area (Å²) in [5.41, 5.74) is 0. The van der Waals surface area contributed by atoms with Gasteiger partial charge in [0.25, 0.3) is 0 Å². The van der Waals surface area contributed by atoms with Crippen LogP contribution in [0.3, 0.4) is 0 Å². The Balaban J connectivity index is 0. The minimum Gasteiger partial charge on any atom is -0.743 e. The molecule has 0 aliphatic heterocycles. The van der Waals surface area contributed by atoms with Crippen molar-refractivity contribution < 1.29 is 110 Å². The van der Waals surface area contributed by atoms with Crippen LogP contribution in [0.2, 0.25) is 0 Å². The molecule has 0 aliphatic rings. The van der Waals surface area contributed by atoms with Crippen molar-refractivity contribution in [2.45, 2.75) is 125 Å². The van der Waals surface area contributed by atoms with Gasteiger partial charge in [-0.15, -0.1) is 0 Å². The molecule has 0 radical (unpaired) electrons. The second-order valence-electron chi connectivity index (χ2n) is 11.2. The lowest BCUT2D eigenvalue weighted by molar-refractivity contribution is -0.439. The van der Waals surface area contributed by atoms with E-state index in [0.29, 0.717) is 57.0 Å². The maximum absolute atomic E-state index is 14.3. The number of hydrogen-bond acceptors (Lipinski definition) is 3. The molecule has 310 valence electrons. The minimum atomic E-state index is -7.83. The van der Waals surface area contributed by atoms with Crippen molar-refractivity contribution in [3.05, 3.63) is 0 Å². The molecule has 0 aromatic carbocycles. The molecule has 27 heteroatoms. The summed E-state index contributed by atoms with van der Waals surface area (Å²) in [5, 5.41) is -7.11. The molecule has 0 aromatic rings. The number of unbranched alkanes of at least 4 members (excludes halogenated alkanes) is 3. The van der Waals surface area contributed by atoms with Gasteiger partial charge in [-0.05, 0) is 19.3 Å². The van der Waals surface area contributed by atoms with Gasteiger partial charge in [-0.3, -0.25) is 0 Å². The maximum Gasteiger partial charge on any atom is 0.460 e. The second kappa shape index (κ2) is 16.7. The molecule has 0 atom stereocenters. The average Bonchev–Trinajstić information content (AvgIpc) is 2.94. The summed E-state index contributed by atoms with van der Waals surface area (Å²) in [4.78, 5) is 0. The third kappa shape index (κ3) is 10.3. The molecule has 0 amide bonds. The van der Waals surface area contributed by atoms with Gasteiger partial charge in [-0.1, -0.05) is 40.0 Å². The van der Waals surface area contributed by atoms with Crippen molar-refractivity contribution in [3.8, 4) is 0 Å². The topological polar surface area (TPSA) is 57.2 Å². The highest BCUT2D eigenvalue weighted by Crippen LogP contribution is 2.65. The van der Waals surface area contributed by atoms with E-state index in [1.54, 1.807) is 20.8 Å². The average molecular weight is 849 g/mol. The molecule has 0 fully saturated rings. The summed E-state index contributed by atoms with van der Waals surface area (Å²) in [6, 6.07) is 0. The van der Waals surface area contributed by atoms with Crippen molar-refractivity contribution in [2.75, 3.05) is 24.6 Å². The first-order chi connectivity index (χ1) is 22.1. The van der Waals surface area contributed by atoms with Gasteiger partial charge in [-0.2, -0.15) is 96.6 Å². The standard InChI is InChI=1S/C20H31F13P.C4HF9O3S/c1-4-7-11-34(12-8-5-2,13-9-6-3)14-10-15(21,22)16(23,24)17(25,26)18(27,28)19(29,30)20(31,32)33;5-1(6,3(9,10)11)2(7,8)4(12,13)17(14,15)16/h4-14H2,1-3H3;(H,14,15,16)/q+1;/p-1. The first kappa shape index (κ1) is 51.9. The molecule has 0 heterocycles. The molecular formula is C24H31F22O3PS. The lowest BCUT2D eigenvalue weighted by Crippen LogP contribution is -2.70. The van der Waals surface area contributed by atoms with Crippen molar-refractivity contribution in [2.24, 2.45) is 0 Å². The molecular weight excluding hydrogens is 817 g/mol. The van der Waals surface area contributed by atoms with Gasteiger partial charge >= 0.3 is 59.1 Å². The van der Waals surface area contributed by atoms with E-state index in [4.69, 9.17) is 0 Å². The lowest BCUT2D eigenvalue weighted by Gasteiger charge is -2.40. The Labute approximate surface area is 276 Å². The van der Waals surface area contributed by atoms with E-state index in [9.17, 15) is 110 Å². The SMILES string of the molecule is CCCC[P+](CCCC)(CCCC)CCC(F)(F)C(F)(F)C(F)(F)C(F)(F)C(F)(F)C(F)(F)F.O=S(=O)([O-])C(F)(F)C(F)(F)C(F)(F)C(F)(F)F. The zero-order valence-corrected chi connectivity index (χ0v) is 27.9. The Morgan fingerprint density at radius 2 is 0.706 bits per heavy atom. The first-order valence-electron chi connectivity index (χ1n) is 14.1. The molecule has 0 unspecified atom stereocenters. The Hall–Kier alpha value is -1.20. The third-order valence-electron chi connectivity index (χ3n) is 7.29. The van der Waals surface area contributed by atoms with Gasteiger partial charge in [0, 0.05) is 7.26 Å². The van der Waals surface area contributed by atoms with Crippen LogP contribution >= 0.6 is 7.26 Å². The molecule has 3 nitrogen and oxygen atoms in total. The van der Waals surface area contributed by atoms with Gasteiger partial charge in [0.1, 0.15) is 0 Å². The van der Waals surface area contributed by atoms with Crippen LogP contribution in [-0.2, 0) is 10.1 Å².